The van der Waals surface area contributed by atoms with Gasteiger partial charge < -0.3 is 15.7 Å². The maximum atomic E-state index is 9.78. The number of aromatic nitrogens is 3. The third-order valence-corrected chi connectivity index (χ3v) is 3.24. The predicted molar refractivity (Wildman–Crippen MR) is 61.2 cm³/mol. The Morgan fingerprint density at radius 3 is 2.75 bits per heavy atom. The van der Waals surface area contributed by atoms with E-state index in [-0.39, 0.29) is 17.9 Å². The minimum Gasteiger partial charge on any atom is -0.393 e. The lowest BCUT2D eigenvalue weighted by Crippen LogP contribution is -2.21. The lowest BCUT2D eigenvalue weighted by Gasteiger charge is -2.09. The summed E-state index contributed by atoms with van der Waals surface area (Å²) in [6.45, 7) is 0.534. The summed E-state index contributed by atoms with van der Waals surface area (Å²) >= 11 is 0. The van der Waals surface area contributed by atoms with Gasteiger partial charge in [-0.25, -0.2) is 0 Å². The summed E-state index contributed by atoms with van der Waals surface area (Å²) in [5.74, 6) is 1.99. The zero-order chi connectivity index (χ0) is 11.7. The highest BCUT2D eigenvalue weighted by Crippen LogP contribution is 2.36. The molecule has 0 amide bonds. The molecule has 0 aliphatic heterocycles. The highest BCUT2D eigenvalue weighted by Gasteiger charge is 2.34. The van der Waals surface area contributed by atoms with E-state index >= 15 is 0 Å². The molecule has 1 heterocycles. The number of nitrogens with two attached hydrogens (primary N) is 1. The van der Waals surface area contributed by atoms with Crippen LogP contribution in [-0.2, 0) is 0 Å². The number of hydrogen-bond donors (Lipinski definition) is 3. The Balaban J connectivity index is 2.08. The molecule has 1 saturated carbocycles. The second-order valence-corrected chi connectivity index (χ2v) is 4.65. The Kier molecular flexibility index (Phi) is 3.11. The number of nitrogens with zero attached hydrogens (tertiary/aromatic N) is 3. The van der Waals surface area contributed by atoms with Gasteiger partial charge in [-0.15, -0.1) is 5.10 Å². The van der Waals surface area contributed by atoms with Crippen molar-refractivity contribution < 1.29 is 5.11 Å². The number of anilines is 1. The van der Waals surface area contributed by atoms with E-state index < -0.39 is 0 Å². The summed E-state index contributed by atoms with van der Waals surface area (Å²) in [5, 5.41) is 16.8. The van der Waals surface area contributed by atoms with Crippen molar-refractivity contribution in [2.75, 3.05) is 25.5 Å². The lowest BCUT2D eigenvalue weighted by molar-refractivity contribution is 0.136. The van der Waals surface area contributed by atoms with Gasteiger partial charge in [-0.05, 0) is 25.3 Å². The van der Waals surface area contributed by atoms with Gasteiger partial charge in [-0.2, -0.15) is 4.98 Å². The molecule has 2 rings (SSSR count). The van der Waals surface area contributed by atoms with Gasteiger partial charge in [0.25, 0.3) is 0 Å². The summed E-state index contributed by atoms with van der Waals surface area (Å²) in [6, 6.07) is 0. The molecule has 1 aliphatic carbocycles. The average Bonchev–Trinajstić information content (AvgIpc) is 2.83. The molecule has 1 aromatic rings. The summed E-state index contributed by atoms with van der Waals surface area (Å²) in [7, 11) is 3.80. The molecule has 6 nitrogen and oxygen atoms in total. The van der Waals surface area contributed by atoms with Gasteiger partial charge in [0.2, 0.25) is 5.95 Å². The molecular weight excluding hydrogens is 206 g/mol. The van der Waals surface area contributed by atoms with Crippen molar-refractivity contribution in [3.8, 4) is 0 Å². The van der Waals surface area contributed by atoms with Gasteiger partial charge in [-0.3, -0.25) is 5.10 Å². The van der Waals surface area contributed by atoms with Gasteiger partial charge in [0, 0.05) is 20.0 Å². The van der Waals surface area contributed by atoms with E-state index in [0.717, 1.165) is 18.7 Å². The number of aromatic amines is 1. The van der Waals surface area contributed by atoms with Crippen LogP contribution < -0.4 is 10.6 Å². The molecule has 1 aromatic heterocycles. The molecule has 0 radical (unpaired) electrons. The largest absolute Gasteiger partial charge is 0.393 e. The number of aliphatic hydroxyl groups excluding tert-OH is 1. The molecule has 4 N–H and O–H groups in total. The highest BCUT2D eigenvalue weighted by molar-refractivity contribution is 5.26. The van der Waals surface area contributed by atoms with E-state index in [1.807, 2.05) is 19.0 Å². The van der Waals surface area contributed by atoms with Crippen LogP contribution in [0.5, 0.6) is 0 Å². The maximum Gasteiger partial charge on any atom is 0.244 e. The first-order valence-electron chi connectivity index (χ1n) is 5.59. The normalized spacial score (nSPS) is 29.6. The zero-order valence-corrected chi connectivity index (χ0v) is 9.72. The van der Waals surface area contributed by atoms with Crippen LogP contribution in [0.3, 0.4) is 0 Å². The van der Waals surface area contributed by atoms with Crippen molar-refractivity contribution in [2.45, 2.75) is 24.9 Å². The topological polar surface area (TPSA) is 91.1 Å². The fraction of sp³-hybridized carbons (Fsp3) is 0.800. The SMILES string of the molecule is CN(C)c1n[nH]c([C@H]2C[C@H](CN)[C@H](O)C2)n1. The molecule has 0 aromatic carbocycles. The third-order valence-electron chi connectivity index (χ3n) is 3.24. The fourth-order valence-electron chi connectivity index (χ4n) is 2.23. The predicted octanol–water partition coefficient (Wildman–Crippen LogP) is -0.316. The second-order valence-electron chi connectivity index (χ2n) is 4.65. The third kappa shape index (κ3) is 2.03. The highest BCUT2D eigenvalue weighted by atomic mass is 16.3. The summed E-state index contributed by atoms with van der Waals surface area (Å²) < 4.78 is 0. The molecule has 0 spiro atoms. The van der Waals surface area contributed by atoms with E-state index in [1.165, 1.54) is 0 Å². The Morgan fingerprint density at radius 2 is 2.25 bits per heavy atom. The van der Waals surface area contributed by atoms with Gasteiger partial charge in [0.1, 0.15) is 5.82 Å². The van der Waals surface area contributed by atoms with E-state index in [1.54, 1.807) is 0 Å². The quantitative estimate of drug-likeness (QED) is 0.656. The molecular formula is C10H19N5O. The number of aliphatic hydroxyl groups is 1. The smallest absolute Gasteiger partial charge is 0.244 e. The van der Waals surface area contributed by atoms with E-state index in [0.29, 0.717) is 12.5 Å². The number of H-pyrrole nitrogens is 1. The second kappa shape index (κ2) is 4.39. The Labute approximate surface area is 94.9 Å². The standard InChI is InChI=1S/C10H19N5O/c1-15(2)10-12-9(13-14-10)6-3-7(5-11)8(16)4-6/h6-8,16H,3-5,11H2,1-2H3,(H,12,13,14)/t6-,7+,8+/m0/s1. The number of nitrogens with one attached hydrogen (secondary N) is 1. The summed E-state index contributed by atoms with van der Waals surface area (Å²) in [4.78, 5) is 6.26. The molecule has 6 heteroatoms. The van der Waals surface area contributed by atoms with Crippen LogP contribution in [0.2, 0.25) is 0 Å². The number of rotatable bonds is 3. The van der Waals surface area contributed by atoms with Crippen molar-refractivity contribution >= 4 is 5.95 Å². The van der Waals surface area contributed by atoms with Gasteiger partial charge in [0.15, 0.2) is 0 Å². The first-order chi connectivity index (χ1) is 7.61. The van der Waals surface area contributed by atoms with Crippen LogP contribution in [-0.4, -0.2) is 47.0 Å². The summed E-state index contributed by atoms with van der Waals surface area (Å²) in [5.41, 5.74) is 5.60. The minimum absolute atomic E-state index is 0.193. The van der Waals surface area contributed by atoms with E-state index in [2.05, 4.69) is 15.2 Å². The molecule has 90 valence electrons. The first kappa shape index (κ1) is 11.3. The van der Waals surface area contributed by atoms with Gasteiger partial charge >= 0.3 is 0 Å². The number of hydrogen-bond acceptors (Lipinski definition) is 5. The molecule has 16 heavy (non-hydrogen) atoms. The van der Waals surface area contributed by atoms with Gasteiger partial charge in [0.05, 0.1) is 6.10 Å². The van der Waals surface area contributed by atoms with Crippen LogP contribution in [0, 0.1) is 5.92 Å². The average molecular weight is 225 g/mol. The molecule has 0 unspecified atom stereocenters. The maximum absolute atomic E-state index is 9.78. The molecule has 0 saturated heterocycles. The van der Waals surface area contributed by atoms with Crippen LogP contribution in [0.1, 0.15) is 24.6 Å². The van der Waals surface area contributed by atoms with Crippen LogP contribution in [0.4, 0.5) is 5.95 Å². The minimum atomic E-state index is -0.303. The van der Waals surface area contributed by atoms with E-state index in [9.17, 15) is 5.11 Å². The van der Waals surface area contributed by atoms with Crippen molar-refractivity contribution in [2.24, 2.45) is 11.7 Å². The monoisotopic (exact) mass is 225 g/mol. The van der Waals surface area contributed by atoms with Crippen molar-refractivity contribution in [1.29, 1.82) is 0 Å². The molecule has 1 fully saturated rings. The summed E-state index contributed by atoms with van der Waals surface area (Å²) in [6.07, 6.45) is 1.31. The Bertz CT molecular complexity index is 351. The van der Waals surface area contributed by atoms with Crippen molar-refractivity contribution in [3.63, 3.8) is 0 Å². The van der Waals surface area contributed by atoms with Crippen molar-refractivity contribution in [1.82, 2.24) is 15.2 Å². The zero-order valence-electron chi connectivity index (χ0n) is 9.72. The van der Waals surface area contributed by atoms with E-state index in [4.69, 9.17) is 5.73 Å². The van der Waals surface area contributed by atoms with Crippen LogP contribution in [0.25, 0.3) is 0 Å². The molecule has 3 atom stereocenters. The first-order valence-corrected chi connectivity index (χ1v) is 5.59. The van der Waals surface area contributed by atoms with Gasteiger partial charge in [-0.1, -0.05) is 0 Å². The Hall–Kier alpha value is -1.14. The fourth-order valence-corrected chi connectivity index (χ4v) is 2.23. The van der Waals surface area contributed by atoms with Crippen molar-refractivity contribution in [3.05, 3.63) is 5.82 Å². The Morgan fingerprint density at radius 1 is 1.50 bits per heavy atom. The van der Waals surface area contributed by atoms with Crippen LogP contribution in [0.15, 0.2) is 0 Å². The lowest BCUT2D eigenvalue weighted by atomic mass is 10.0. The molecule has 1 aliphatic rings. The van der Waals surface area contributed by atoms with Crippen LogP contribution >= 0.6 is 0 Å². The molecule has 0 bridgehead atoms.